The third kappa shape index (κ3) is 7.18. The Morgan fingerprint density at radius 1 is 1.23 bits per heavy atom. The summed E-state index contributed by atoms with van der Waals surface area (Å²) in [6.07, 6.45) is -4.88. The van der Waals surface area contributed by atoms with Crippen LogP contribution in [0, 0.1) is 0 Å². The van der Waals surface area contributed by atoms with Crippen LogP contribution in [0.4, 0.5) is 13.2 Å². The average Bonchev–Trinajstić information content (AvgIpc) is 2.77. The van der Waals surface area contributed by atoms with Crippen LogP contribution in [0.5, 0.6) is 0 Å². The average molecular weight is 567 g/mol. The smallest absolute Gasteiger partial charge is 0.370 e. The fraction of sp³-hybridized carbons (Fsp3) is 0.381. The third-order valence-electron chi connectivity index (χ3n) is 4.74. The van der Waals surface area contributed by atoms with Gasteiger partial charge in [0.2, 0.25) is 0 Å². The highest BCUT2D eigenvalue weighted by Gasteiger charge is 2.32. The first-order valence-electron chi connectivity index (χ1n) is 9.56. The summed E-state index contributed by atoms with van der Waals surface area (Å²) < 4.78 is 57.1. The van der Waals surface area contributed by atoms with Crippen LogP contribution < -0.4 is 5.32 Å². The Morgan fingerprint density at radius 3 is 2.65 bits per heavy atom. The van der Waals surface area contributed by atoms with Gasteiger partial charge in [0.1, 0.15) is 6.10 Å². The van der Waals surface area contributed by atoms with Crippen LogP contribution in [0.15, 0.2) is 64.5 Å². The lowest BCUT2D eigenvalue weighted by molar-refractivity contribution is -0.137. The normalized spacial score (nSPS) is 18.3. The van der Waals surface area contributed by atoms with E-state index in [4.69, 9.17) is 4.74 Å². The summed E-state index contributed by atoms with van der Waals surface area (Å²) in [5.41, 5.74) is -0.207. The second-order valence-corrected chi connectivity index (χ2v) is 8.34. The van der Waals surface area contributed by atoms with Gasteiger partial charge in [-0.2, -0.15) is 13.2 Å². The summed E-state index contributed by atoms with van der Waals surface area (Å²) in [5, 5.41) is 3.19. The van der Waals surface area contributed by atoms with Crippen LogP contribution in [-0.4, -0.2) is 54.1 Å². The van der Waals surface area contributed by atoms with Gasteiger partial charge in [-0.3, -0.25) is 9.20 Å². The summed E-state index contributed by atoms with van der Waals surface area (Å²) in [7, 11) is 0.522. The lowest BCUT2D eigenvalue weighted by atomic mass is 10.0. The maximum atomic E-state index is 13.0. The van der Waals surface area contributed by atoms with E-state index in [0.717, 1.165) is 17.0 Å². The summed E-state index contributed by atoms with van der Waals surface area (Å²) in [6.45, 7) is 1.77. The molecular weight excluding hydrogens is 542 g/mol. The van der Waals surface area contributed by atoms with Gasteiger partial charge in [0, 0.05) is 30.8 Å². The van der Waals surface area contributed by atoms with Crippen molar-refractivity contribution in [3.05, 3.63) is 65.7 Å². The van der Waals surface area contributed by atoms with Gasteiger partial charge in [0.15, 0.2) is 5.96 Å². The minimum Gasteiger partial charge on any atom is -0.370 e. The predicted molar refractivity (Wildman–Crippen MR) is 126 cm³/mol. The van der Waals surface area contributed by atoms with Crippen LogP contribution in [0.2, 0.25) is 0 Å². The van der Waals surface area contributed by atoms with E-state index < -0.39 is 28.6 Å². The number of benzene rings is 2. The lowest BCUT2D eigenvalue weighted by Crippen LogP contribution is -2.48. The Balaban J connectivity index is 0.00000341. The fourth-order valence-electron chi connectivity index (χ4n) is 3.24. The molecule has 2 atom stereocenters. The summed E-state index contributed by atoms with van der Waals surface area (Å²) >= 11 is 0. The molecule has 170 valence electrons. The summed E-state index contributed by atoms with van der Waals surface area (Å²) in [6, 6.07) is 14.4. The third-order valence-corrected chi connectivity index (χ3v) is 6.11. The minimum absolute atomic E-state index is 0. The van der Waals surface area contributed by atoms with Crippen LogP contribution in [0.3, 0.4) is 0 Å². The maximum absolute atomic E-state index is 13.0. The lowest BCUT2D eigenvalue weighted by Gasteiger charge is -2.35. The number of nitrogens with zero attached hydrogens (tertiary/aromatic N) is 2. The molecule has 10 heteroatoms. The Morgan fingerprint density at radius 2 is 1.97 bits per heavy atom. The zero-order valence-electron chi connectivity index (χ0n) is 17.0. The van der Waals surface area contributed by atoms with Gasteiger partial charge in [-0.05, 0) is 29.8 Å². The number of halogens is 4. The largest absolute Gasteiger partial charge is 0.416 e. The molecule has 1 saturated heterocycles. The van der Waals surface area contributed by atoms with Gasteiger partial charge in [-0.25, -0.2) is 0 Å². The molecule has 1 fully saturated rings. The van der Waals surface area contributed by atoms with Crippen molar-refractivity contribution in [3.8, 4) is 0 Å². The number of hydrogen-bond donors (Lipinski definition) is 1. The van der Waals surface area contributed by atoms with E-state index in [2.05, 4.69) is 10.3 Å². The zero-order valence-corrected chi connectivity index (χ0v) is 20.1. The molecule has 0 spiro atoms. The van der Waals surface area contributed by atoms with Gasteiger partial charge in [-0.1, -0.05) is 30.3 Å². The molecule has 1 aliphatic heterocycles. The van der Waals surface area contributed by atoms with Crippen molar-refractivity contribution in [3.63, 3.8) is 0 Å². The second kappa shape index (κ2) is 11.8. The van der Waals surface area contributed by atoms with E-state index in [0.29, 0.717) is 43.5 Å². The molecule has 0 aromatic heterocycles. The van der Waals surface area contributed by atoms with Crippen molar-refractivity contribution in [1.82, 2.24) is 10.2 Å². The van der Waals surface area contributed by atoms with E-state index >= 15 is 0 Å². The first kappa shape index (κ1) is 25.6. The summed E-state index contributed by atoms with van der Waals surface area (Å²) in [5.74, 6) is 1.03. The van der Waals surface area contributed by atoms with Gasteiger partial charge in [0.05, 0.1) is 29.5 Å². The number of rotatable bonds is 5. The number of morpholine rings is 1. The molecule has 0 aliphatic carbocycles. The van der Waals surface area contributed by atoms with E-state index in [-0.39, 0.29) is 24.0 Å². The first-order chi connectivity index (χ1) is 14.4. The molecule has 2 aromatic rings. The molecular formula is C21H25F3IN3O2S. The van der Waals surface area contributed by atoms with Gasteiger partial charge < -0.3 is 15.0 Å². The molecule has 2 aromatic carbocycles. The number of nitrogens with one attached hydrogen (secondary N) is 1. The summed E-state index contributed by atoms with van der Waals surface area (Å²) in [4.78, 5) is 6.98. The molecule has 1 N–H and O–H groups in total. The van der Waals surface area contributed by atoms with Crippen LogP contribution in [0.25, 0.3) is 0 Å². The molecule has 1 aliphatic rings. The molecule has 3 rings (SSSR count). The van der Waals surface area contributed by atoms with Crippen molar-refractivity contribution in [2.75, 3.05) is 39.0 Å². The Hall–Kier alpha value is -1.66. The maximum Gasteiger partial charge on any atom is 0.416 e. The van der Waals surface area contributed by atoms with Crippen LogP contribution in [0.1, 0.15) is 17.2 Å². The van der Waals surface area contributed by atoms with E-state index in [1.807, 2.05) is 35.2 Å². The molecule has 0 saturated carbocycles. The quantitative estimate of drug-likeness (QED) is 0.336. The van der Waals surface area contributed by atoms with Crippen LogP contribution >= 0.6 is 24.0 Å². The van der Waals surface area contributed by atoms with Crippen molar-refractivity contribution in [1.29, 1.82) is 0 Å². The Bertz CT molecular complexity index is 897. The molecule has 5 nitrogen and oxygen atoms in total. The number of aliphatic imine (C=N–C) groups is 1. The van der Waals surface area contributed by atoms with Crippen molar-refractivity contribution in [2.45, 2.75) is 17.2 Å². The van der Waals surface area contributed by atoms with Crippen LogP contribution in [-0.2, 0) is 21.7 Å². The number of alkyl halides is 3. The van der Waals surface area contributed by atoms with E-state index in [1.54, 1.807) is 13.1 Å². The first-order valence-corrected chi connectivity index (χ1v) is 10.9. The minimum atomic E-state index is -4.39. The second-order valence-electron chi connectivity index (χ2n) is 6.77. The topological polar surface area (TPSA) is 53.9 Å². The van der Waals surface area contributed by atoms with E-state index in [9.17, 15) is 17.4 Å². The predicted octanol–water partition coefficient (Wildman–Crippen LogP) is 4.08. The number of guanidine groups is 1. The Kier molecular flexibility index (Phi) is 9.76. The molecule has 1 heterocycles. The standard InChI is InChI=1S/C21H24F3N3O2S.HI/c1-25-20(26-10-13-30(28)18-8-3-2-4-9-18)27-11-12-29-19(15-27)16-6-5-7-17(14-16)21(22,23)24;/h2-9,14,19H,10-13,15H2,1H3,(H,25,26);1H. The monoisotopic (exact) mass is 567 g/mol. The highest BCUT2D eigenvalue weighted by atomic mass is 127. The fourth-order valence-corrected chi connectivity index (χ4v) is 4.22. The van der Waals surface area contributed by atoms with Crippen molar-refractivity contribution < 1.29 is 22.1 Å². The zero-order chi connectivity index (χ0) is 21.6. The molecule has 0 amide bonds. The molecule has 0 bridgehead atoms. The van der Waals surface area contributed by atoms with Gasteiger partial charge in [0.25, 0.3) is 0 Å². The molecule has 31 heavy (non-hydrogen) atoms. The van der Waals surface area contributed by atoms with Crippen molar-refractivity contribution in [2.24, 2.45) is 4.99 Å². The Labute approximate surface area is 199 Å². The molecule has 0 radical (unpaired) electrons. The van der Waals surface area contributed by atoms with Gasteiger partial charge in [-0.15, -0.1) is 24.0 Å². The SMILES string of the molecule is CN=C(NCCS(=O)c1ccccc1)N1CCOC(c2cccc(C(F)(F)F)c2)C1.I. The van der Waals surface area contributed by atoms with Crippen molar-refractivity contribution >= 4 is 40.7 Å². The molecule has 2 unspecified atom stereocenters. The highest BCUT2D eigenvalue weighted by Crippen LogP contribution is 2.32. The number of hydrogen-bond acceptors (Lipinski definition) is 3. The van der Waals surface area contributed by atoms with E-state index in [1.165, 1.54) is 6.07 Å². The highest BCUT2D eigenvalue weighted by molar-refractivity contribution is 14.0. The van der Waals surface area contributed by atoms with Gasteiger partial charge >= 0.3 is 6.18 Å². The number of ether oxygens (including phenoxy) is 1.